The first kappa shape index (κ1) is 10.7. The summed E-state index contributed by atoms with van der Waals surface area (Å²) >= 11 is 0. The van der Waals surface area contributed by atoms with Crippen LogP contribution in [-0.2, 0) is 11.2 Å². The molecule has 0 atom stereocenters. The number of hydrogen-bond acceptors (Lipinski definition) is 1. The second-order valence-electron chi connectivity index (χ2n) is 4.46. The van der Waals surface area contributed by atoms with Gasteiger partial charge in [0.2, 0.25) is 0 Å². The first-order valence-electron chi connectivity index (χ1n) is 6.07. The molecule has 0 saturated heterocycles. The summed E-state index contributed by atoms with van der Waals surface area (Å²) < 4.78 is 5.66. The molecule has 1 heteroatoms. The fourth-order valence-electron chi connectivity index (χ4n) is 1.93. The summed E-state index contributed by atoms with van der Waals surface area (Å²) in [5, 5.41) is 0. The molecule has 0 radical (unpaired) electrons. The standard InChI is InChI=1S/C14H20O/c1-2-6-13(7-3-1)10-5-11-15-12-14-8-4-9-14/h1-3,6-7,14H,4-5,8-12H2. The van der Waals surface area contributed by atoms with E-state index >= 15 is 0 Å². The van der Waals surface area contributed by atoms with Crippen molar-refractivity contribution < 1.29 is 4.74 Å². The minimum atomic E-state index is 0.877. The molecule has 0 unspecified atom stereocenters. The number of aryl methyl sites for hydroxylation is 1. The lowest BCUT2D eigenvalue weighted by atomic mass is 9.86. The first-order valence-corrected chi connectivity index (χ1v) is 6.07. The van der Waals surface area contributed by atoms with Gasteiger partial charge in [0.15, 0.2) is 0 Å². The van der Waals surface area contributed by atoms with Crippen molar-refractivity contribution >= 4 is 0 Å². The van der Waals surface area contributed by atoms with Gasteiger partial charge in [-0.15, -0.1) is 0 Å². The van der Waals surface area contributed by atoms with E-state index in [9.17, 15) is 0 Å². The highest BCUT2D eigenvalue weighted by Crippen LogP contribution is 2.26. The zero-order valence-electron chi connectivity index (χ0n) is 9.32. The van der Waals surface area contributed by atoms with Crippen LogP contribution in [0, 0.1) is 5.92 Å². The van der Waals surface area contributed by atoms with Crippen molar-refractivity contribution in [3.8, 4) is 0 Å². The molecule has 2 rings (SSSR count). The maximum absolute atomic E-state index is 5.66. The van der Waals surface area contributed by atoms with E-state index in [1.54, 1.807) is 0 Å². The molecule has 0 aromatic heterocycles. The molecule has 82 valence electrons. The average Bonchev–Trinajstić information content (AvgIpc) is 2.22. The third-order valence-electron chi connectivity index (χ3n) is 3.18. The van der Waals surface area contributed by atoms with Crippen LogP contribution in [0.2, 0.25) is 0 Å². The van der Waals surface area contributed by atoms with Crippen LogP contribution >= 0.6 is 0 Å². The van der Waals surface area contributed by atoms with Gasteiger partial charge >= 0.3 is 0 Å². The molecular weight excluding hydrogens is 184 g/mol. The van der Waals surface area contributed by atoms with Crippen LogP contribution in [0.3, 0.4) is 0 Å². The minimum absolute atomic E-state index is 0.877. The summed E-state index contributed by atoms with van der Waals surface area (Å²) in [4.78, 5) is 0. The molecule has 1 saturated carbocycles. The average molecular weight is 204 g/mol. The predicted molar refractivity (Wildman–Crippen MR) is 62.9 cm³/mol. The molecule has 0 amide bonds. The Bertz CT molecular complexity index is 264. The van der Waals surface area contributed by atoms with Gasteiger partial charge in [-0.25, -0.2) is 0 Å². The van der Waals surface area contributed by atoms with Crippen molar-refractivity contribution in [1.29, 1.82) is 0 Å². The molecule has 1 aromatic rings. The van der Waals surface area contributed by atoms with Gasteiger partial charge < -0.3 is 4.74 Å². The number of benzene rings is 1. The van der Waals surface area contributed by atoms with E-state index in [1.165, 1.54) is 24.8 Å². The number of hydrogen-bond donors (Lipinski definition) is 0. The van der Waals surface area contributed by atoms with E-state index in [2.05, 4.69) is 30.3 Å². The maximum atomic E-state index is 5.66. The Morgan fingerprint density at radius 1 is 1.13 bits per heavy atom. The summed E-state index contributed by atoms with van der Waals surface area (Å²) in [5.41, 5.74) is 1.42. The van der Waals surface area contributed by atoms with Gasteiger partial charge in [0.05, 0.1) is 0 Å². The minimum Gasteiger partial charge on any atom is -0.381 e. The van der Waals surface area contributed by atoms with Crippen LogP contribution in [0.5, 0.6) is 0 Å². The Morgan fingerprint density at radius 3 is 2.60 bits per heavy atom. The van der Waals surface area contributed by atoms with Crippen LogP contribution < -0.4 is 0 Å². The molecule has 0 heterocycles. The molecular formula is C14H20O. The second-order valence-corrected chi connectivity index (χ2v) is 4.46. The third kappa shape index (κ3) is 3.67. The smallest absolute Gasteiger partial charge is 0.0494 e. The van der Waals surface area contributed by atoms with E-state index < -0.39 is 0 Å². The molecule has 0 N–H and O–H groups in total. The van der Waals surface area contributed by atoms with E-state index in [-0.39, 0.29) is 0 Å². The van der Waals surface area contributed by atoms with Crippen molar-refractivity contribution in [3.63, 3.8) is 0 Å². The molecule has 15 heavy (non-hydrogen) atoms. The Balaban J connectivity index is 1.51. The lowest BCUT2D eigenvalue weighted by molar-refractivity contribution is 0.0690. The fraction of sp³-hybridized carbons (Fsp3) is 0.571. The van der Waals surface area contributed by atoms with Gasteiger partial charge in [0.25, 0.3) is 0 Å². The van der Waals surface area contributed by atoms with E-state index in [0.29, 0.717) is 0 Å². The zero-order valence-corrected chi connectivity index (χ0v) is 9.32. The molecule has 1 aromatic carbocycles. The van der Waals surface area contributed by atoms with Crippen molar-refractivity contribution in [3.05, 3.63) is 35.9 Å². The van der Waals surface area contributed by atoms with Gasteiger partial charge in [-0.1, -0.05) is 36.8 Å². The molecule has 1 nitrogen and oxygen atoms in total. The summed E-state index contributed by atoms with van der Waals surface area (Å²) in [6.07, 6.45) is 6.48. The predicted octanol–water partition coefficient (Wildman–Crippen LogP) is 3.44. The normalized spacial score (nSPS) is 16.3. The largest absolute Gasteiger partial charge is 0.381 e. The first-order chi connectivity index (χ1) is 7.45. The molecule has 1 aliphatic carbocycles. The highest BCUT2D eigenvalue weighted by molar-refractivity contribution is 5.14. The van der Waals surface area contributed by atoms with Crippen LogP contribution in [0.4, 0.5) is 0 Å². The Hall–Kier alpha value is -0.820. The van der Waals surface area contributed by atoms with E-state index in [0.717, 1.165) is 32.0 Å². The van der Waals surface area contributed by atoms with Crippen molar-refractivity contribution in [2.75, 3.05) is 13.2 Å². The Morgan fingerprint density at radius 2 is 1.93 bits per heavy atom. The van der Waals surface area contributed by atoms with E-state index in [1.807, 2.05) is 0 Å². The van der Waals surface area contributed by atoms with Gasteiger partial charge in [-0.3, -0.25) is 0 Å². The summed E-state index contributed by atoms with van der Waals surface area (Å²) in [7, 11) is 0. The maximum Gasteiger partial charge on any atom is 0.0494 e. The topological polar surface area (TPSA) is 9.23 Å². The Labute approximate surface area is 92.5 Å². The van der Waals surface area contributed by atoms with Gasteiger partial charge in [-0.05, 0) is 37.2 Å². The zero-order chi connectivity index (χ0) is 10.3. The van der Waals surface area contributed by atoms with Crippen LogP contribution in [0.1, 0.15) is 31.2 Å². The van der Waals surface area contributed by atoms with Gasteiger partial charge in [-0.2, -0.15) is 0 Å². The van der Waals surface area contributed by atoms with Crippen LogP contribution in [-0.4, -0.2) is 13.2 Å². The molecule has 0 spiro atoms. The summed E-state index contributed by atoms with van der Waals surface area (Å²) in [6.45, 7) is 1.92. The number of rotatable bonds is 6. The Kier molecular flexibility index (Phi) is 4.22. The lowest BCUT2D eigenvalue weighted by Crippen LogP contribution is -2.17. The SMILES string of the molecule is c1ccc(CCCOCC2CCC2)cc1. The summed E-state index contributed by atoms with van der Waals surface area (Å²) in [6, 6.07) is 10.6. The fourth-order valence-corrected chi connectivity index (χ4v) is 1.93. The highest BCUT2D eigenvalue weighted by Gasteiger charge is 2.16. The molecule has 0 aliphatic heterocycles. The van der Waals surface area contributed by atoms with Crippen molar-refractivity contribution in [1.82, 2.24) is 0 Å². The van der Waals surface area contributed by atoms with Gasteiger partial charge in [0, 0.05) is 13.2 Å². The van der Waals surface area contributed by atoms with E-state index in [4.69, 9.17) is 4.74 Å². The van der Waals surface area contributed by atoms with Gasteiger partial charge in [0.1, 0.15) is 0 Å². The quantitative estimate of drug-likeness (QED) is 0.645. The lowest BCUT2D eigenvalue weighted by Gasteiger charge is -2.24. The molecule has 1 aliphatic rings. The summed E-state index contributed by atoms with van der Waals surface area (Å²) in [5.74, 6) is 0.877. The second kappa shape index (κ2) is 5.92. The van der Waals surface area contributed by atoms with Crippen LogP contribution in [0.15, 0.2) is 30.3 Å². The third-order valence-corrected chi connectivity index (χ3v) is 3.18. The molecule has 1 fully saturated rings. The molecule has 0 bridgehead atoms. The van der Waals surface area contributed by atoms with Crippen molar-refractivity contribution in [2.45, 2.75) is 32.1 Å². The highest BCUT2D eigenvalue weighted by atomic mass is 16.5. The van der Waals surface area contributed by atoms with Crippen LogP contribution in [0.25, 0.3) is 0 Å². The van der Waals surface area contributed by atoms with Crippen molar-refractivity contribution in [2.24, 2.45) is 5.92 Å². The number of ether oxygens (including phenoxy) is 1. The monoisotopic (exact) mass is 204 g/mol.